The lowest BCUT2D eigenvalue weighted by atomic mass is 10.1. The third-order valence-corrected chi connectivity index (χ3v) is 5.83. The lowest BCUT2D eigenvalue weighted by Crippen LogP contribution is -2.30. The molecule has 4 nitrogen and oxygen atoms in total. The summed E-state index contributed by atoms with van der Waals surface area (Å²) in [6.45, 7) is 6.27. The highest BCUT2D eigenvalue weighted by atomic mass is 32.2. The molecule has 0 unspecified atom stereocenters. The van der Waals surface area contributed by atoms with Gasteiger partial charge in [0.05, 0.1) is 11.4 Å². The molecule has 140 valence electrons. The third kappa shape index (κ3) is 3.29. The molecule has 2 aliphatic rings. The number of carbonyl (C=O) groups is 1. The van der Waals surface area contributed by atoms with Crippen LogP contribution in [0.15, 0.2) is 82.9 Å². The summed E-state index contributed by atoms with van der Waals surface area (Å²) in [5, 5.41) is 0.678. The lowest BCUT2D eigenvalue weighted by molar-refractivity contribution is -0.121. The number of likely N-dealkylation sites (N-methyl/N-ethyl adjacent to an activating group) is 1. The van der Waals surface area contributed by atoms with Crippen molar-refractivity contribution in [3.8, 4) is 0 Å². The fraction of sp³-hybridized carbons (Fsp3) is 0.130. The summed E-state index contributed by atoms with van der Waals surface area (Å²) in [7, 11) is 1.99. The van der Waals surface area contributed by atoms with Gasteiger partial charge in [0.15, 0.2) is 5.17 Å². The summed E-state index contributed by atoms with van der Waals surface area (Å²) in [6, 6.07) is 16.1. The van der Waals surface area contributed by atoms with Gasteiger partial charge in [0, 0.05) is 19.3 Å². The molecule has 0 atom stereocenters. The van der Waals surface area contributed by atoms with Crippen LogP contribution in [0.3, 0.4) is 0 Å². The number of carbonyl (C=O) groups excluding carboxylic acids is 1. The van der Waals surface area contributed by atoms with Crippen LogP contribution in [0.2, 0.25) is 0 Å². The van der Waals surface area contributed by atoms with Gasteiger partial charge in [-0.3, -0.25) is 9.69 Å². The first-order valence-electron chi connectivity index (χ1n) is 9.09. The second-order valence-electron chi connectivity index (χ2n) is 6.70. The lowest BCUT2D eigenvalue weighted by Gasteiger charge is -2.27. The number of thioether (sulfide) groups is 1. The van der Waals surface area contributed by atoms with E-state index in [-0.39, 0.29) is 5.91 Å². The molecule has 0 aliphatic carbocycles. The highest BCUT2D eigenvalue weighted by Gasteiger charge is 2.36. The normalized spacial score (nSPS) is 20.1. The monoisotopic (exact) mass is 387 g/mol. The Morgan fingerprint density at radius 2 is 1.86 bits per heavy atom. The largest absolute Gasteiger partial charge is 0.343 e. The Kier molecular flexibility index (Phi) is 4.92. The van der Waals surface area contributed by atoms with Gasteiger partial charge in [0.1, 0.15) is 4.91 Å². The predicted molar refractivity (Wildman–Crippen MR) is 119 cm³/mol. The topological polar surface area (TPSA) is 35.9 Å². The van der Waals surface area contributed by atoms with E-state index in [1.165, 1.54) is 17.3 Å². The van der Waals surface area contributed by atoms with Crippen LogP contribution in [0.1, 0.15) is 11.1 Å². The van der Waals surface area contributed by atoms with Crippen LogP contribution in [0, 0.1) is 6.92 Å². The maximum atomic E-state index is 13.2. The minimum atomic E-state index is -0.0401. The van der Waals surface area contributed by atoms with E-state index in [4.69, 9.17) is 4.99 Å². The molecule has 2 aromatic rings. The van der Waals surface area contributed by atoms with Gasteiger partial charge in [-0.25, -0.2) is 4.99 Å². The number of para-hydroxylation sites is 1. The third-order valence-electron chi connectivity index (χ3n) is 4.75. The predicted octanol–water partition coefficient (Wildman–Crippen LogP) is 5.12. The number of hydrogen-bond acceptors (Lipinski definition) is 4. The first-order valence-corrected chi connectivity index (χ1v) is 9.91. The van der Waals surface area contributed by atoms with Gasteiger partial charge in [0.2, 0.25) is 0 Å². The number of allylic oxidation sites excluding steroid dienone is 1. The molecular weight excluding hydrogens is 366 g/mol. The Labute approximate surface area is 169 Å². The Balaban J connectivity index is 1.75. The molecule has 0 spiro atoms. The van der Waals surface area contributed by atoms with E-state index in [9.17, 15) is 4.79 Å². The van der Waals surface area contributed by atoms with Crippen molar-refractivity contribution in [2.24, 2.45) is 4.99 Å². The van der Waals surface area contributed by atoms with Crippen LogP contribution in [0.5, 0.6) is 0 Å². The fourth-order valence-electron chi connectivity index (χ4n) is 3.24. The number of fused-ring (bicyclic) bond motifs is 1. The summed E-state index contributed by atoms with van der Waals surface area (Å²) in [5.74, 6) is -0.0401. The zero-order valence-corrected chi connectivity index (χ0v) is 16.7. The van der Waals surface area contributed by atoms with E-state index in [0.29, 0.717) is 16.6 Å². The van der Waals surface area contributed by atoms with Crippen molar-refractivity contribution >= 4 is 40.3 Å². The van der Waals surface area contributed by atoms with Gasteiger partial charge in [-0.15, -0.1) is 6.58 Å². The molecule has 0 N–H and O–H groups in total. The van der Waals surface area contributed by atoms with E-state index < -0.39 is 0 Å². The standard InChI is InChI=1S/C23H21N3OS/c1-4-15-26-22(27)21(28-23(26)24-18-12-9-16(2)10-13-18)20-14-11-17-7-5-6-8-19(17)25(20)3/h4-14H,1,15H2,2-3H3/b21-20+,24-23?. The Morgan fingerprint density at radius 1 is 1.11 bits per heavy atom. The Hall–Kier alpha value is -3.05. The Morgan fingerprint density at radius 3 is 2.61 bits per heavy atom. The molecular formula is C23H21N3OS. The molecule has 1 fully saturated rings. The number of amides is 1. The van der Waals surface area contributed by atoms with Crippen molar-refractivity contribution in [2.75, 3.05) is 18.5 Å². The number of nitrogens with zero attached hydrogens (tertiary/aromatic N) is 3. The molecule has 0 aromatic heterocycles. The van der Waals surface area contributed by atoms with Crippen LogP contribution in [-0.4, -0.2) is 29.6 Å². The SMILES string of the molecule is C=CCN1C(=O)/C(=C2/C=Cc3ccccc3N2C)SC1=Nc1ccc(C)cc1. The maximum absolute atomic E-state index is 13.2. The summed E-state index contributed by atoms with van der Waals surface area (Å²) in [4.78, 5) is 22.3. The van der Waals surface area contributed by atoms with Gasteiger partial charge in [-0.2, -0.15) is 0 Å². The van der Waals surface area contributed by atoms with E-state index in [1.807, 2.05) is 56.4 Å². The highest BCUT2D eigenvalue weighted by Crippen LogP contribution is 2.39. The molecule has 1 amide bonds. The van der Waals surface area contributed by atoms with Crippen LogP contribution >= 0.6 is 11.8 Å². The van der Waals surface area contributed by atoms with Crippen molar-refractivity contribution in [1.29, 1.82) is 0 Å². The first kappa shape index (κ1) is 18.3. The molecule has 2 heterocycles. The number of rotatable bonds is 3. The summed E-state index contributed by atoms with van der Waals surface area (Å²) < 4.78 is 0. The molecule has 28 heavy (non-hydrogen) atoms. The van der Waals surface area contributed by atoms with E-state index >= 15 is 0 Å². The summed E-state index contributed by atoms with van der Waals surface area (Å²) >= 11 is 1.42. The highest BCUT2D eigenvalue weighted by molar-refractivity contribution is 8.18. The van der Waals surface area contributed by atoms with Crippen molar-refractivity contribution in [3.05, 3.63) is 89.0 Å². The zero-order chi connectivity index (χ0) is 19.7. The van der Waals surface area contributed by atoms with Gasteiger partial charge < -0.3 is 4.90 Å². The van der Waals surface area contributed by atoms with E-state index in [2.05, 4.69) is 29.7 Å². The average molecular weight is 388 g/mol. The minimum absolute atomic E-state index is 0.0401. The van der Waals surface area contributed by atoms with Gasteiger partial charge >= 0.3 is 0 Å². The molecule has 0 radical (unpaired) electrons. The number of amidine groups is 1. The minimum Gasteiger partial charge on any atom is -0.343 e. The van der Waals surface area contributed by atoms with Gasteiger partial charge in [-0.05, 0) is 48.5 Å². The van der Waals surface area contributed by atoms with Gasteiger partial charge in [-0.1, -0.05) is 48.0 Å². The second-order valence-corrected chi connectivity index (χ2v) is 7.68. The quantitative estimate of drug-likeness (QED) is 0.542. The number of aryl methyl sites for hydroxylation is 1. The van der Waals surface area contributed by atoms with Crippen LogP contribution in [0.4, 0.5) is 11.4 Å². The number of hydrogen-bond donors (Lipinski definition) is 0. The smallest absolute Gasteiger partial charge is 0.269 e. The second kappa shape index (κ2) is 7.52. The summed E-state index contributed by atoms with van der Waals surface area (Å²) in [6.07, 6.45) is 5.79. The molecule has 2 aliphatic heterocycles. The van der Waals surface area contributed by atoms with Crippen LogP contribution in [0.25, 0.3) is 6.08 Å². The molecule has 0 saturated carbocycles. The van der Waals surface area contributed by atoms with Crippen molar-refractivity contribution in [3.63, 3.8) is 0 Å². The molecule has 0 bridgehead atoms. The van der Waals surface area contributed by atoms with Crippen molar-refractivity contribution in [2.45, 2.75) is 6.92 Å². The molecule has 4 rings (SSSR count). The number of anilines is 1. The molecule has 2 aromatic carbocycles. The summed E-state index contributed by atoms with van der Waals surface area (Å²) in [5.41, 5.74) is 5.12. The van der Waals surface area contributed by atoms with E-state index in [1.54, 1.807) is 11.0 Å². The zero-order valence-electron chi connectivity index (χ0n) is 15.9. The van der Waals surface area contributed by atoms with Crippen LogP contribution in [-0.2, 0) is 4.79 Å². The maximum Gasteiger partial charge on any atom is 0.269 e. The van der Waals surface area contributed by atoms with E-state index in [0.717, 1.165) is 22.6 Å². The Bertz CT molecular complexity index is 1030. The van der Waals surface area contributed by atoms with Gasteiger partial charge in [0.25, 0.3) is 5.91 Å². The molecule has 1 saturated heterocycles. The van der Waals surface area contributed by atoms with Crippen LogP contribution < -0.4 is 4.90 Å². The number of benzene rings is 2. The molecule has 5 heteroatoms. The number of aliphatic imine (C=N–C) groups is 1. The van der Waals surface area contributed by atoms with Crippen molar-refractivity contribution in [1.82, 2.24) is 4.90 Å². The average Bonchev–Trinajstić information content (AvgIpc) is 3.00. The first-order chi connectivity index (χ1) is 13.6. The van der Waals surface area contributed by atoms with Crippen molar-refractivity contribution < 1.29 is 4.79 Å². The fourth-order valence-corrected chi connectivity index (χ4v) is 4.34.